The zero-order chi connectivity index (χ0) is 18.9. The highest BCUT2D eigenvalue weighted by molar-refractivity contribution is 6.28. The summed E-state index contributed by atoms with van der Waals surface area (Å²) in [7, 11) is 1.55. The third kappa shape index (κ3) is 4.62. The molecular weight excluding hydrogens is 332 g/mol. The average molecular weight is 352 g/mol. The number of primary amides is 1. The third-order valence-corrected chi connectivity index (χ3v) is 3.70. The number of hydrogen-bond acceptors (Lipinski definition) is 5. The number of methoxy groups -OCH3 is 1. The van der Waals surface area contributed by atoms with Gasteiger partial charge in [-0.15, -0.1) is 0 Å². The fraction of sp³-hybridized carbons (Fsp3) is 0.200. The zero-order valence-electron chi connectivity index (χ0n) is 14.4. The predicted octanol–water partition coefficient (Wildman–Crippen LogP) is 2.38. The Balaban J connectivity index is 2.40. The smallest absolute Gasteiger partial charge is 0.250 e. The first-order valence-electron chi connectivity index (χ1n) is 8.03. The molecule has 0 heterocycles. The fourth-order valence-electron chi connectivity index (χ4n) is 2.40. The molecule has 2 aromatic rings. The largest absolute Gasteiger partial charge is 0.497 e. The fourth-order valence-corrected chi connectivity index (χ4v) is 2.40. The van der Waals surface area contributed by atoms with Gasteiger partial charge in [-0.05, 0) is 47.5 Å². The SMILES string of the molecule is COc1ccc(/C(C#N)=C(\C(N)=O)c2ccc(OCCCO)cc2)cc1. The molecular formula is C20H20N2O4. The van der Waals surface area contributed by atoms with Gasteiger partial charge in [0.2, 0.25) is 0 Å². The van der Waals surface area contributed by atoms with Crippen LogP contribution >= 0.6 is 0 Å². The Labute approximate surface area is 152 Å². The molecule has 0 aliphatic rings. The molecule has 1 amide bonds. The number of carbonyl (C=O) groups excluding carboxylic acids is 1. The van der Waals surface area contributed by atoms with E-state index in [1.54, 1.807) is 55.6 Å². The average Bonchev–Trinajstić information content (AvgIpc) is 2.67. The number of carbonyl (C=O) groups is 1. The standard InChI is InChI=1S/C20H20N2O4/c1-25-16-7-3-14(4-8-16)18(13-21)19(20(22)24)15-5-9-17(10-6-15)26-12-2-11-23/h3-10,23H,2,11-12H2,1H3,(H2,22,24)/b19-18-. The molecule has 0 aromatic heterocycles. The molecule has 6 nitrogen and oxygen atoms in total. The van der Waals surface area contributed by atoms with Crippen molar-refractivity contribution in [2.24, 2.45) is 5.73 Å². The number of allylic oxidation sites excluding steroid dienone is 1. The highest BCUT2D eigenvalue weighted by atomic mass is 16.5. The topological polar surface area (TPSA) is 106 Å². The van der Waals surface area contributed by atoms with Gasteiger partial charge in [0.05, 0.1) is 24.9 Å². The number of nitriles is 1. The van der Waals surface area contributed by atoms with Crippen molar-refractivity contribution in [1.29, 1.82) is 5.26 Å². The van der Waals surface area contributed by atoms with Crippen LogP contribution in [0.2, 0.25) is 0 Å². The van der Waals surface area contributed by atoms with Gasteiger partial charge >= 0.3 is 0 Å². The van der Waals surface area contributed by atoms with Crippen molar-refractivity contribution in [3.05, 3.63) is 59.7 Å². The highest BCUT2D eigenvalue weighted by Crippen LogP contribution is 2.28. The Hall–Kier alpha value is -3.30. The van der Waals surface area contributed by atoms with Gasteiger partial charge in [0.1, 0.15) is 17.6 Å². The van der Waals surface area contributed by atoms with E-state index in [1.807, 2.05) is 0 Å². The van der Waals surface area contributed by atoms with Crippen molar-refractivity contribution in [2.75, 3.05) is 20.3 Å². The van der Waals surface area contributed by atoms with Gasteiger partial charge < -0.3 is 20.3 Å². The Morgan fingerprint density at radius 2 is 1.65 bits per heavy atom. The summed E-state index contributed by atoms with van der Waals surface area (Å²) in [6, 6.07) is 15.6. The summed E-state index contributed by atoms with van der Waals surface area (Å²) in [6.45, 7) is 0.448. The first kappa shape index (κ1) is 19.0. The number of nitrogens with zero attached hydrogens (tertiary/aromatic N) is 1. The van der Waals surface area contributed by atoms with Gasteiger partial charge in [0.15, 0.2) is 0 Å². The van der Waals surface area contributed by atoms with E-state index in [2.05, 4.69) is 6.07 Å². The lowest BCUT2D eigenvalue weighted by Crippen LogP contribution is -2.14. The summed E-state index contributed by atoms with van der Waals surface area (Å²) in [5, 5.41) is 18.4. The lowest BCUT2D eigenvalue weighted by atomic mass is 9.95. The Bertz CT molecular complexity index is 818. The highest BCUT2D eigenvalue weighted by Gasteiger charge is 2.17. The molecule has 0 radical (unpaired) electrons. The predicted molar refractivity (Wildman–Crippen MR) is 98.3 cm³/mol. The van der Waals surface area contributed by atoms with E-state index in [0.29, 0.717) is 35.7 Å². The van der Waals surface area contributed by atoms with E-state index < -0.39 is 5.91 Å². The molecule has 0 fully saturated rings. The van der Waals surface area contributed by atoms with Crippen molar-refractivity contribution in [3.8, 4) is 17.6 Å². The second-order valence-electron chi connectivity index (χ2n) is 5.40. The molecule has 0 unspecified atom stereocenters. The normalized spacial score (nSPS) is 11.3. The van der Waals surface area contributed by atoms with Crippen LogP contribution in [0.15, 0.2) is 48.5 Å². The van der Waals surface area contributed by atoms with Crippen LogP contribution in [-0.4, -0.2) is 31.3 Å². The molecule has 0 bridgehead atoms. The minimum Gasteiger partial charge on any atom is -0.497 e. The molecule has 0 saturated carbocycles. The Morgan fingerprint density at radius 3 is 2.15 bits per heavy atom. The van der Waals surface area contributed by atoms with Gasteiger partial charge in [-0.1, -0.05) is 12.1 Å². The summed E-state index contributed by atoms with van der Waals surface area (Å²) in [5.74, 6) is 0.566. The van der Waals surface area contributed by atoms with Crippen LogP contribution in [0.4, 0.5) is 0 Å². The molecule has 0 aliphatic heterocycles. The number of benzene rings is 2. The van der Waals surface area contributed by atoms with Gasteiger partial charge in [-0.25, -0.2) is 0 Å². The molecule has 26 heavy (non-hydrogen) atoms. The quantitative estimate of drug-likeness (QED) is 0.328. The summed E-state index contributed by atoms with van der Waals surface area (Å²) in [6.07, 6.45) is 0.532. The molecule has 2 aromatic carbocycles. The Morgan fingerprint density at radius 1 is 1.08 bits per heavy atom. The minimum absolute atomic E-state index is 0.0556. The molecule has 134 valence electrons. The number of aliphatic hydroxyl groups excluding tert-OH is 1. The monoisotopic (exact) mass is 352 g/mol. The first-order valence-corrected chi connectivity index (χ1v) is 8.03. The molecule has 6 heteroatoms. The van der Waals surface area contributed by atoms with Gasteiger partial charge in [0, 0.05) is 13.0 Å². The maximum atomic E-state index is 12.0. The summed E-state index contributed by atoms with van der Waals surface area (Å²) in [4.78, 5) is 12.0. The van der Waals surface area contributed by atoms with Gasteiger partial charge in [-0.2, -0.15) is 5.26 Å². The van der Waals surface area contributed by atoms with Crippen LogP contribution in [0.3, 0.4) is 0 Å². The maximum absolute atomic E-state index is 12.0. The van der Waals surface area contributed by atoms with Crippen molar-refractivity contribution in [3.63, 3.8) is 0 Å². The van der Waals surface area contributed by atoms with Crippen molar-refractivity contribution < 1.29 is 19.4 Å². The number of amides is 1. The molecule has 0 saturated heterocycles. The number of hydrogen-bond donors (Lipinski definition) is 2. The lowest BCUT2D eigenvalue weighted by Gasteiger charge is -2.10. The van der Waals surface area contributed by atoms with Crippen LogP contribution in [0.5, 0.6) is 11.5 Å². The summed E-state index contributed by atoms with van der Waals surface area (Å²) >= 11 is 0. The number of aliphatic hydroxyl groups is 1. The van der Waals surface area contributed by atoms with Crippen LogP contribution in [0.25, 0.3) is 11.1 Å². The molecule has 3 N–H and O–H groups in total. The summed E-state index contributed by atoms with van der Waals surface area (Å²) in [5.41, 5.74) is 6.97. The lowest BCUT2D eigenvalue weighted by molar-refractivity contribution is -0.112. The molecule has 0 atom stereocenters. The maximum Gasteiger partial charge on any atom is 0.250 e. The minimum atomic E-state index is -0.689. The van der Waals surface area contributed by atoms with E-state index >= 15 is 0 Å². The number of rotatable bonds is 8. The third-order valence-electron chi connectivity index (χ3n) is 3.70. The first-order chi connectivity index (χ1) is 12.6. The Kier molecular flexibility index (Phi) is 6.77. The van der Waals surface area contributed by atoms with Crippen LogP contribution in [0.1, 0.15) is 17.5 Å². The molecule has 0 aliphatic carbocycles. The van der Waals surface area contributed by atoms with Crippen molar-refractivity contribution >= 4 is 17.1 Å². The van der Waals surface area contributed by atoms with E-state index in [0.717, 1.165) is 0 Å². The second kappa shape index (κ2) is 9.25. The van der Waals surface area contributed by atoms with E-state index in [9.17, 15) is 10.1 Å². The molecule has 2 rings (SSSR count). The van der Waals surface area contributed by atoms with E-state index in [4.69, 9.17) is 20.3 Å². The second-order valence-corrected chi connectivity index (χ2v) is 5.40. The zero-order valence-corrected chi connectivity index (χ0v) is 14.4. The van der Waals surface area contributed by atoms with E-state index in [-0.39, 0.29) is 17.8 Å². The van der Waals surface area contributed by atoms with Crippen LogP contribution < -0.4 is 15.2 Å². The van der Waals surface area contributed by atoms with Crippen molar-refractivity contribution in [1.82, 2.24) is 0 Å². The van der Waals surface area contributed by atoms with Crippen LogP contribution in [0, 0.1) is 11.3 Å². The van der Waals surface area contributed by atoms with Gasteiger partial charge in [-0.3, -0.25) is 4.79 Å². The molecule has 0 spiro atoms. The van der Waals surface area contributed by atoms with E-state index in [1.165, 1.54) is 0 Å². The number of nitrogens with two attached hydrogens (primary N) is 1. The van der Waals surface area contributed by atoms with Crippen molar-refractivity contribution in [2.45, 2.75) is 6.42 Å². The number of ether oxygens (including phenoxy) is 2. The van der Waals surface area contributed by atoms with Crippen LogP contribution in [-0.2, 0) is 4.79 Å². The van der Waals surface area contributed by atoms with Gasteiger partial charge in [0.25, 0.3) is 5.91 Å². The summed E-state index contributed by atoms with van der Waals surface area (Å²) < 4.78 is 10.6.